The standard InChI is InChI=1S/C22H30N6O/c1-15(16-8-7-11-23-12-16)25-21-24-13-18-19(26-21)28(17-9-5-6-10-17)14-22(2,3)20(29)27(18)4/h7-8,11-13,15,17H,5-6,9-10,14H2,1-4H3,(H,24,25,26). The maximum atomic E-state index is 13.1. The van der Waals surface area contributed by atoms with E-state index in [1.54, 1.807) is 17.3 Å². The van der Waals surface area contributed by atoms with Crippen molar-refractivity contribution in [1.82, 2.24) is 15.0 Å². The third-order valence-corrected chi connectivity index (χ3v) is 6.13. The van der Waals surface area contributed by atoms with Crippen LogP contribution in [-0.2, 0) is 4.79 Å². The number of anilines is 3. The summed E-state index contributed by atoms with van der Waals surface area (Å²) in [6.45, 7) is 6.79. The minimum atomic E-state index is -0.478. The molecule has 0 bridgehead atoms. The molecule has 1 N–H and O–H groups in total. The summed E-state index contributed by atoms with van der Waals surface area (Å²) >= 11 is 0. The van der Waals surface area contributed by atoms with Gasteiger partial charge in [-0.1, -0.05) is 18.9 Å². The highest BCUT2D eigenvalue weighted by Gasteiger charge is 2.41. The molecular formula is C22H30N6O. The molecule has 29 heavy (non-hydrogen) atoms. The van der Waals surface area contributed by atoms with Crippen molar-refractivity contribution in [1.29, 1.82) is 0 Å². The summed E-state index contributed by atoms with van der Waals surface area (Å²) in [4.78, 5) is 30.8. The maximum Gasteiger partial charge on any atom is 0.234 e. The Balaban J connectivity index is 1.70. The number of carbonyl (C=O) groups is 1. The zero-order chi connectivity index (χ0) is 20.6. The van der Waals surface area contributed by atoms with Crippen LogP contribution in [0.25, 0.3) is 0 Å². The first-order valence-electron chi connectivity index (χ1n) is 10.4. The highest BCUT2D eigenvalue weighted by Crippen LogP contribution is 2.40. The largest absolute Gasteiger partial charge is 0.351 e. The van der Waals surface area contributed by atoms with E-state index >= 15 is 0 Å². The second kappa shape index (κ2) is 7.61. The lowest BCUT2D eigenvalue weighted by Crippen LogP contribution is -2.45. The van der Waals surface area contributed by atoms with Gasteiger partial charge in [0.15, 0.2) is 5.82 Å². The van der Waals surface area contributed by atoms with Crippen LogP contribution in [0.2, 0.25) is 0 Å². The average molecular weight is 395 g/mol. The van der Waals surface area contributed by atoms with Gasteiger partial charge in [0.1, 0.15) is 5.69 Å². The number of hydrogen-bond acceptors (Lipinski definition) is 6. The number of fused-ring (bicyclic) bond motifs is 1. The third-order valence-electron chi connectivity index (χ3n) is 6.13. The highest BCUT2D eigenvalue weighted by molar-refractivity contribution is 6.00. The van der Waals surface area contributed by atoms with Gasteiger partial charge in [0.05, 0.1) is 17.7 Å². The molecule has 3 heterocycles. The number of nitrogens with zero attached hydrogens (tertiary/aromatic N) is 5. The van der Waals surface area contributed by atoms with E-state index in [1.165, 1.54) is 12.8 Å². The van der Waals surface area contributed by atoms with Gasteiger partial charge in [-0.05, 0) is 45.2 Å². The topological polar surface area (TPSA) is 74.2 Å². The maximum absolute atomic E-state index is 13.1. The lowest BCUT2D eigenvalue weighted by Gasteiger charge is -2.34. The molecule has 0 radical (unpaired) electrons. The second-order valence-electron chi connectivity index (χ2n) is 8.87. The SMILES string of the molecule is CC(Nc1ncc2c(n1)N(C1CCCC1)CC(C)(C)C(=O)N2C)c1cccnc1. The zero-order valence-corrected chi connectivity index (χ0v) is 17.7. The first-order valence-corrected chi connectivity index (χ1v) is 10.4. The molecule has 1 aliphatic carbocycles. The molecule has 1 unspecified atom stereocenters. The van der Waals surface area contributed by atoms with Crippen molar-refractivity contribution in [2.75, 3.05) is 28.7 Å². The molecule has 0 spiro atoms. The van der Waals surface area contributed by atoms with Crippen LogP contribution in [0.15, 0.2) is 30.7 Å². The van der Waals surface area contributed by atoms with E-state index in [4.69, 9.17) is 4.98 Å². The molecule has 1 amide bonds. The number of carbonyl (C=O) groups excluding carboxylic acids is 1. The Morgan fingerprint density at radius 1 is 1.24 bits per heavy atom. The molecule has 0 aromatic carbocycles. The minimum absolute atomic E-state index is 0.0308. The van der Waals surface area contributed by atoms with Crippen LogP contribution in [0.1, 0.15) is 58.1 Å². The van der Waals surface area contributed by atoms with Gasteiger partial charge in [-0.2, -0.15) is 4.98 Å². The van der Waals surface area contributed by atoms with Gasteiger partial charge in [-0.25, -0.2) is 4.98 Å². The van der Waals surface area contributed by atoms with Gasteiger partial charge in [-0.15, -0.1) is 0 Å². The van der Waals surface area contributed by atoms with Crippen LogP contribution in [-0.4, -0.2) is 40.5 Å². The number of aromatic nitrogens is 3. The smallest absolute Gasteiger partial charge is 0.234 e. The molecule has 2 aromatic rings. The number of amides is 1. The van der Waals surface area contributed by atoms with Gasteiger partial charge in [0, 0.05) is 32.0 Å². The summed E-state index contributed by atoms with van der Waals surface area (Å²) < 4.78 is 0. The van der Waals surface area contributed by atoms with Crippen LogP contribution in [0.4, 0.5) is 17.5 Å². The van der Waals surface area contributed by atoms with Crippen molar-refractivity contribution in [2.24, 2.45) is 5.41 Å². The molecule has 154 valence electrons. The number of hydrogen-bond donors (Lipinski definition) is 1. The van der Waals surface area contributed by atoms with Crippen LogP contribution < -0.4 is 15.1 Å². The highest BCUT2D eigenvalue weighted by atomic mass is 16.2. The Kier molecular flexibility index (Phi) is 5.15. The lowest BCUT2D eigenvalue weighted by molar-refractivity contribution is -0.125. The summed E-state index contributed by atoms with van der Waals surface area (Å²) in [5.41, 5.74) is 1.38. The van der Waals surface area contributed by atoms with E-state index in [0.29, 0.717) is 18.5 Å². The number of pyridine rings is 1. The van der Waals surface area contributed by atoms with Gasteiger partial charge >= 0.3 is 0 Å². The first kappa shape index (κ1) is 19.6. The van der Waals surface area contributed by atoms with Crippen LogP contribution in [0, 0.1) is 5.41 Å². The predicted octanol–water partition coefficient (Wildman–Crippen LogP) is 3.80. The molecule has 2 aromatic heterocycles. The minimum Gasteiger partial charge on any atom is -0.351 e. The van der Waals surface area contributed by atoms with Crippen molar-refractivity contribution in [3.05, 3.63) is 36.3 Å². The summed E-state index contributed by atoms with van der Waals surface area (Å²) in [6, 6.07) is 4.41. The Morgan fingerprint density at radius 3 is 2.69 bits per heavy atom. The van der Waals surface area contributed by atoms with E-state index in [2.05, 4.69) is 27.1 Å². The van der Waals surface area contributed by atoms with Crippen LogP contribution >= 0.6 is 0 Å². The zero-order valence-electron chi connectivity index (χ0n) is 17.7. The van der Waals surface area contributed by atoms with E-state index in [1.807, 2.05) is 39.2 Å². The van der Waals surface area contributed by atoms with Crippen molar-refractivity contribution in [2.45, 2.75) is 58.5 Å². The average Bonchev–Trinajstić information content (AvgIpc) is 3.24. The van der Waals surface area contributed by atoms with E-state index < -0.39 is 5.41 Å². The van der Waals surface area contributed by atoms with Crippen LogP contribution in [0.3, 0.4) is 0 Å². The van der Waals surface area contributed by atoms with Crippen molar-refractivity contribution in [3.8, 4) is 0 Å². The fourth-order valence-corrected chi connectivity index (χ4v) is 4.44. The first-order chi connectivity index (χ1) is 13.9. The summed E-state index contributed by atoms with van der Waals surface area (Å²) in [6.07, 6.45) is 10.1. The van der Waals surface area contributed by atoms with Crippen molar-refractivity contribution < 1.29 is 4.79 Å². The third kappa shape index (κ3) is 3.78. The monoisotopic (exact) mass is 394 g/mol. The molecule has 7 heteroatoms. The molecule has 1 aliphatic heterocycles. The Hall–Kier alpha value is -2.70. The van der Waals surface area contributed by atoms with Crippen LogP contribution in [0.5, 0.6) is 0 Å². The Labute approximate surface area is 172 Å². The van der Waals surface area contributed by atoms with E-state index in [0.717, 1.165) is 29.9 Å². The number of rotatable bonds is 4. The number of nitrogens with one attached hydrogen (secondary N) is 1. The molecule has 1 fully saturated rings. The molecule has 2 aliphatic rings. The van der Waals surface area contributed by atoms with Crippen molar-refractivity contribution in [3.63, 3.8) is 0 Å². The Bertz CT molecular complexity index is 878. The normalized spacial score (nSPS) is 20.3. The summed E-state index contributed by atoms with van der Waals surface area (Å²) in [5, 5.41) is 3.39. The van der Waals surface area contributed by atoms with E-state index in [9.17, 15) is 4.79 Å². The van der Waals surface area contributed by atoms with E-state index in [-0.39, 0.29) is 11.9 Å². The fraction of sp³-hybridized carbons (Fsp3) is 0.545. The molecule has 1 atom stereocenters. The van der Waals surface area contributed by atoms with Gasteiger partial charge in [-0.3, -0.25) is 9.78 Å². The van der Waals surface area contributed by atoms with Crippen molar-refractivity contribution >= 4 is 23.4 Å². The van der Waals surface area contributed by atoms with Gasteiger partial charge in [0.25, 0.3) is 0 Å². The predicted molar refractivity (Wildman–Crippen MR) is 115 cm³/mol. The lowest BCUT2D eigenvalue weighted by atomic mass is 9.91. The van der Waals surface area contributed by atoms with Gasteiger partial charge < -0.3 is 15.1 Å². The Morgan fingerprint density at radius 2 is 2.00 bits per heavy atom. The molecule has 7 nitrogen and oxygen atoms in total. The molecule has 4 rings (SSSR count). The quantitative estimate of drug-likeness (QED) is 0.850. The molecular weight excluding hydrogens is 364 g/mol. The molecule has 1 saturated carbocycles. The van der Waals surface area contributed by atoms with Gasteiger partial charge in [0.2, 0.25) is 11.9 Å². The second-order valence-corrected chi connectivity index (χ2v) is 8.87. The summed E-state index contributed by atoms with van der Waals surface area (Å²) in [5.74, 6) is 1.53. The summed E-state index contributed by atoms with van der Waals surface area (Å²) in [7, 11) is 1.83. The fourth-order valence-electron chi connectivity index (χ4n) is 4.44. The molecule has 0 saturated heterocycles.